The maximum atomic E-state index is 10.5. The van der Waals surface area contributed by atoms with Crippen molar-refractivity contribution in [2.45, 2.75) is 32.3 Å². The van der Waals surface area contributed by atoms with Gasteiger partial charge in [-0.3, -0.25) is 0 Å². The molecule has 2 N–H and O–H groups in total. The molecule has 6 nitrogen and oxygen atoms in total. The second-order valence-corrected chi connectivity index (χ2v) is 6.36. The van der Waals surface area contributed by atoms with E-state index in [1.54, 1.807) is 25.3 Å². The van der Waals surface area contributed by atoms with E-state index in [0.29, 0.717) is 12.4 Å². The Labute approximate surface area is 138 Å². The molecular formula is C17H29N3O3. The van der Waals surface area contributed by atoms with Crippen LogP contribution in [-0.2, 0) is 10.3 Å². The van der Waals surface area contributed by atoms with E-state index in [1.165, 1.54) is 12.8 Å². The molecule has 23 heavy (non-hydrogen) atoms. The van der Waals surface area contributed by atoms with E-state index in [1.807, 2.05) is 18.9 Å². The summed E-state index contributed by atoms with van der Waals surface area (Å²) in [4.78, 5) is 6.56. The van der Waals surface area contributed by atoms with Crippen LogP contribution >= 0.6 is 0 Å². The largest absolute Gasteiger partial charge is 0.466 e. The van der Waals surface area contributed by atoms with Crippen molar-refractivity contribution in [2.75, 3.05) is 39.9 Å². The summed E-state index contributed by atoms with van der Waals surface area (Å²) >= 11 is 0. The maximum Gasteiger partial charge on any atom is 0.193 e. The van der Waals surface area contributed by atoms with Gasteiger partial charge in [0.1, 0.15) is 11.4 Å². The first-order valence-corrected chi connectivity index (χ1v) is 8.36. The second kappa shape index (κ2) is 8.36. The zero-order valence-electron chi connectivity index (χ0n) is 14.4. The number of aliphatic imine (C=N–C) groups is 1. The number of nitrogens with zero attached hydrogens (tertiary/aromatic N) is 2. The average molecular weight is 323 g/mol. The maximum absolute atomic E-state index is 10.5. The van der Waals surface area contributed by atoms with Crippen LogP contribution in [0.4, 0.5) is 0 Å². The van der Waals surface area contributed by atoms with E-state index in [2.05, 4.69) is 10.3 Å². The molecule has 1 unspecified atom stereocenters. The number of furan rings is 1. The molecule has 1 aliphatic rings. The van der Waals surface area contributed by atoms with E-state index in [-0.39, 0.29) is 6.54 Å². The Balaban J connectivity index is 1.84. The van der Waals surface area contributed by atoms with Gasteiger partial charge in [0.05, 0.1) is 19.4 Å². The van der Waals surface area contributed by atoms with Crippen molar-refractivity contribution in [2.24, 2.45) is 10.9 Å². The molecule has 0 saturated heterocycles. The van der Waals surface area contributed by atoms with Gasteiger partial charge in [-0.2, -0.15) is 0 Å². The first-order valence-electron chi connectivity index (χ1n) is 8.36. The lowest BCUT2D eigenvalue weighted by atomic mass is 10.0. The highest BCUT2D eigenvalue weighted by Gasteiger charge is 2.26. The second-order valence-electron chi connectivity index (χ2n) is 6.36. The highest BCUT2D eigenvalue weighted by molar-refractivity contribution is 5.79. The molecule has 0 aromatic carbocycles. The zero-order chi connectivity index (χ0) is 16.7. The van der Waals surface area contributed by atoms with Crippen LogP contribution in [0.5, 0.6) is 0 Å². The fraction of sp³-hybridized carbons (Fsp3) is 0.706. The number of hydrogen-bond donors (Lipinski definition) is 2. The van der Waals surface area contributed by atoms with Crippen LogP contribution in [0.15, 0.2) is 27.8 Å². The summed E-state index contributed by atoms with van der Waals surface area (Å²) in [5, 5.41) is 13.7. The van der Waals surface area contributed by atoms with Gasteiger partial charge in [-0.1, -0.05) is 0 Å². The standard InChI is InChI=1S/C17H29N3O3/c1-4-18-16(20(3)9-11-22-12-14-7-8-14)19-13-17(2,21)15-6-5-10-23-15/h5-6,10,14,21H,4,7-9,11-13H2,1-3H3,(H,18,19). The molecule has 6 heteroatoms. The molecule has 1 aromatic rings. The molecule has 1 fully saturated rings. The monoisotopic (exact) mass is 323 g/mol. The van der Waals surface area contributed by atoms with Crippen molar-refractivity contribution >= 4 is 5.96 Å². The van der Waals surface area contributed by atoms with Crippen molar-refractivity contribution in [3.05, 3.63) is 24.2 Å². The van der Waals surface area contributed by atoms with Gasteiger partial charge in [0.25, 0.3) is 0 Å². The van der Waals surface area contributed by atoms with Gasteiger partial charge < -0.3 is 24.5 Å². The zero-order valence-corrected chi connectivity index (χ0v) is 14.4. The Hall–Kier alpha value is -1.53. The smallest absolute Gasteiger partial charge is 0.193 e. The van der Waals surface area contributed by atoms with Crippen LogP contribution in [0.2, 0.25) is 0 Å². The summed E-state index contributed by atoms with van der Waals surface area (Å²) in [5.74, 6) is 2.06. The molecule has 0 radical (unpaired) electrons. The van der Waals surface area contributed by atoms with E-state index >= 15 is 0 Å². The number of nitrogens with one attached hydrogen (secondary N) is 1. The van der Waals surface area contributed by atoms with Gasteiger partial charge in [0.15, 0.2) is 5.96 Å². The van der Waals surface area contributed by atoms with E-state index in [0.717, 1.165) is 31.6 Å². The van der Waals surface area contributed by atoms with Crippen LogP contribution in [0.1, 0.15) is 32.4 Å². The van der Waals surface area contributed by atoms with Crippen molar-refractivity contribution in [3.63, 3.8) is 0 Å². The van der Waals surface area contributed by atoms with Crippen molar-refractivity contribution in [3.8, 4) is 0 Å². The molecule has 0 aliphatic heterocycles. The first-order chi connectivity index (χ1) is 11.0. The summed E-state index contributed by atoms with van der Waals surface area (Å²) in [5.41, 5.74) is -1.12. The van der Waals surface area contributed by atoms with Crippen molar-refractivity contribution in [1.29, 1.82) is 0 Å². The Bertz CT molecular complexity index is 481. The Morgan fingerprint density at radius 2 is 2.35 bits per heavy atom. The first kappa shape index (κ1) is 17.8. The Kier molecular flexibility index (Phi) is 6.47. The molecule has 0 amide bonds. The SMILES string of the molecule is CCNC(=NCC(C)(O)c1ccco1)N(C)CCOCC1CC1. The lowest BCUT2D eigenvalue weighted by molar-refractivity contribution is 0.0434. The topological polar surface area (TPSA) is 70.2 Å². The summed E-state index contributed by atoms with van der Waals surface area (Å²) in [6.07, 6.45) is 4.17. The lowest BCUT2D eigenvalue weighted by Crippen LogP contribution is -2.41. The average Bonchev–Trinajstić information content (AvgIpc) is 3.16. The van der Waals surface area contributed by atoms with Crippen molar-refractivity contribution in [1.82, 2.24) is 10.2 Å². The summed E-state index contributed by atoms with van der Waals surface area (Å²) < 4.78 is 11.0. The van der Waals surface area contributed by atoms with Crippen LogP contribution < -0.4 is 5.32 Å². The summed E-state index contributed by atoms with van der Waals surface area (Å²) in [6, 6.07) is 3.53. The molecule has 1 aromatic heterocycles. The molecule has 0 bridgehead atoms. The van der Waals surface area contributed by atoms with Crippen LogP contribution in [0, 0.1) is 5.92 Å². The molecule has 0 spiro atoms. The van der Waals surface area contributed by atoms with E-state index in [9.17, 15) is 5.11 Å². The number of likely N-dealkylation sites (N-methyl/N-ethyl adjacent to an activating group) is 1. The van der Waals surface area contributed by atoms with Crippen LogP contribution in [-0.4, -0.2) is 55.9 Å². The molecule has 1 atom stereocenters. The third kappa shape index (κ3) is 5.88. The van der Waals surface area contributed by atoms with E-state index in [4.69, 9.17) is 9.15 Å². The highest BCUT2D eigenvalue weighted by Crippen LogP contribution is 2.28. The van der Waals surface area contributed by atoms with Crippen molar-refractivity contribution < 1.29 is 14.3 Å². The van der Waals surface area contributed by atoms with E-state index < -0.39 is 5.60 Å². The molecular weight excluding hydrogens is 294 g/mol. The van der Waals surface area contributed by atoms with Crippen LogP contribution in [0.3, 0.4) is 0 Å². The summed E-state index contributed by atoms with van der Waals surface area (Å²) in [7, 11) is 1.98. The quantitative estimate of drug-likeness (QED) is 0.412. The van der Waals surface area contributed by atoms with Gasteiger partial charge in [0.2, 0.25) is 0 Å². The number of rotatable bonds is 9. The van der Waals surface area contributed by atoms with Gasteiger partial charge in [-0.25, -0.2) is 4.99 Å². The molecule has 1 saturated carbocycles. The normalized spacial score (nSPS) is 17.8. The number of hydrogen-bond acceptors (Lipinski definition) is 4. The predicted octanol–water partition coefficient (Wildman–Crippen LogP) is 1.81. The minimum absolute atomic E-state index is 0.232. The minimum atomic E-state index is -1.12. The highest BCUT2D eigenvalue weighted by atomic mass is 16.5. The minimum Gasteiger partial charge on any atom is -0.466 e. The Morgan fingerprint density at radius 3 is 2.96 bits per heavy atom. The van der Waals surface area contributed by atoms with Gasteiger partial charge in [0, 0.05) is 26.7 Å². The number of guanidine groups is 1. The molecule has 1 aliphatic carbocycles. The molecule has 1 heterocycles. The Morgan fingerprint density at radius 1 is 1.57 bits per heavy atom. The van der Waals surface area contributed by atoms with Gasteiger partial charge in [-0.15, -0.1) is 0 Å². The third-order valence-corrected chi connectivity index (χ3v) is 3.91. The van der Waals surface area contributed by atoms with Gasteiger partial charge >= 0.3 is 0 Å². The van der Waals surface area contributed by atoms with Crippen LogP contribution in [0.25, 0.3) is 0 Å². The third-order valence-electron chi connectivity index (χ3n) is 3.91. The number of ether oxygens (including phenoxy) is 1. The molecule has 2 rings (SSSR count). The lowest BCUT2D eigenvalue weighted by Gasteiger charge is -2.24. The predicted molar refractivity (Wildman–Crippen MR) is 90.4 cm³/mol. The van der Waals surface area contributed by atoms with Gasteiger partial charge in [-0.05, 0) is 44.7 Å². The number of aliphatic hydroxyl groups is 1. The fourth-order valence-electron chi connectivity index (χ4n) is 2.20. The summed E-state index contributed by atoms with van der Waals surface area (Å²) in [6.45, 7) is 7.06. The fourth-order valence-corrected chi connectivity index (χ4v) is 2.20. The molecule has 130 valence electrons.